The van der Waals surface area contributed by atoms with Gasteiger partial charge in [-0.3, -0.25) is 4.79 Å². The lowest BCUT2D eigenvalue weighted by molar-refractivity contribution is 0.0993. The molecular weight excluding hydrogens is 380 g/mol. The highest BCUT2D eigenvalue weighted by Crippen LogP contribution is 2.17. The Kier molecular flexibility index (Phi) is 6.24. The van der Waals surface area contributed by atoms with Gasteiger partial charge in [0.25, 0.3) is 0 Å². The van der Waals surface area contributed by atoms with E-state index in [9.17, 15) is 4.79 Å². The Labute approximate surface area is 175 Å². The Hall–Kier alpha value is -3.39. The lowest BCUT2D eigenvalue weighted by atomic mass is 10.0. The number of benzene rings is 1. The number of aromatic nitrogens is 4. The Morgan fingerprint density at radius 2 is 1.90 bits per heavy atom. The van der Waals surface area contributed by atoms with Crippen molar-refractivity contribution in [2.24, 2.45) is 0 Å². The van der Waals surface area contributed by atoms with Crippen molar-refractivity contribution < 1.29 is 9.53 Å². The number of anilines is 3. The number of carbonyl (C=O) groups excluding carboxylic acids is 1. The molecule has 30 heavy (non-hydrogen) atoms. The van der Waals surface area contributed by atoms with Crippen LogP contribution in [0.4, 0.5) is 17.7 Å². The summed E-state index contributed by atoms with van der Waals surface area (Å²) in [5.41, 5.74) is 1.57. The molecule has 1 saturated heterocycles. The molecule has 1 aliphatic rings. The number of pyridine rings is 1. The molecule has 8 heteroatoms. The first-order valence-corrected chi connectivity index (χ1v) is 10.1. The molecule has 3 aromatic rings. The maximum absolute atomic E-state index is 12.7. The average Bonchev–Trinajstić information content (AvgIpc) is 2.80. The van der Waals surface area contributed by atoms with Gasteiger partial charge in [-0.1, -0.05) is 37.3 Å². The first kappa shape index (κ1) is 19.9. The van der Waals surface area contributed by atoms with Crippen LogP contribution in [0, 0.1) is 0 Å². The van der Waals surface area contributed by atoms with Gasteiger partial charge in [-0.05, 0) is 17.7 Å². The topological polar surface area (TPSA) is 93.1 Å². The van der Waals surface area contributed by atoms with E-state index in [0.717, 1.165) is 18.7 Å². The molecule has 0 aliphatic carbocycles. The minimum atomic E-state index is 0.0329. The number of nitrogens with zero attached hydrogens (tertiary/aromatic N) is 5. The number of ether oxygens (including phenoxy) is 1. The van der Waals surface area contributed by atoms with Gasteiger partial charge >= 0.3 is 0 Å². The highest BCUT2D eigenvalue weighted by Gasteiger charge is 2.17. The summed E-state index contributed by atoms with van der Waals surface area (Å²) in [6, 6.07) is 13.1. The molecule has 1 fully saturated rings. The van der Waals surface area contributed by atoms with Crippen molar-refractivity contribution in [3.05, 3.63) is 65.6 Å². The molecule has 2 aromatic heterocycles. The second-order valence-corrected chi connectivity index (χ2v) is 6.97. The summed E-state index contributed by atoms with van der Waals surface area (Å²) in [7, 11) is 0. The van der Waals surface area contributed by atoms with Gasteiger partial charge in [-0.25, -0.2) is 4.98 Å². The molecular formula is C22H24N6O2. The number of ketones is 1. The van der Waals surface area contributed by atoms with Gasteiger partial charge in [0.1, 0.15) is 11.6 Å². The number of carbonyl (C=O) groups is 1. The highest BCUT2D eigenvalue weighted by atomic mass is 16.5. The number of morpholine rings is 1. The summed E-state index contributed by atoms with van der Waals surface area (Å²) in [5, 5.41) is 3.13. The van der Waals surface area contributed by atoms with Crippen LogP contribution in [0.2, 0.25) is 0 Å². The van der Waals surface area contributed by atoms with Crippen LogP contribution in [0.25, 0.3) is 0 Å². The Bertz CT molecular complexity index is 1010. The third-order valence-electron chi connectivity index (χ3n) is 4.81. The normalized spacial score (nSPS) is 13.8. The molecule has 1 N–H and O–H groups in total. The van der Waals surface area contributed by atoms with Crippen LogP contribution in [0.15, 0.2) is 48.7 Å². The molecule has 0 amide bonds. The summed E-state index contributed by atoms with van der Waals surface area (Å²) in [6.45, 7) is 4.80. The van der Waals surface area contributed by atoms with Crippen LogP contribution in [-0.4, -0.2) is 52.0 Å². The van der Waals surface area contributed by atoms with Gasteiger partial charge in [-0.15, -0.1) is 0 Å². The predicted molar refractivity (Wildman–Crippen MR) is 114 cm³/mol. The lowest BCUT2D eigenvalue weighted by Gasteiger charge is -2.27. The summed E-state index contributed by atoms with van der Waals surface area (Å²) < 4.78 is 5.41. The third kappa shape index (κ3) is 4.96. The molecule has 0 spiro atoms. The quantitative estimate of drug-likeness (QED) is 0.601. The van der Waals surface area contributed by atoms with Crippen LogP contribution in [0.5, 0.6) is 0 Å². The summed E-state index contributed by atoms with van der Waals surface area (Å²) >= 11 is 0. The van der Waals surface area contributed by atoms with Crippen molar-refractivity contribution >= 4 is 23.5 Å². The first-order valence-electron chi connectivity index (χ1n) is 10.1. The molecule has 1 aliphatic heterocycles. The summed E-state index contributed by atoms with van der Waals surface area (Å²) in [4.78, 5) is 32.6. The zero-order valence-electron chi connectivity index (χ0n) is 16.9. The second kappa shape index (κ2) is 9.41. The maximum atomic E-state index is 12.7. The predicted octanol–water partition coefficient (Wildman–Crippen LogP) is 2.83. The van der Waals surface area contributed by atoms with E-state index in [1.165, 1.54) is 0 Å². The zero-order valence-corrected chi connectivity index (χ0v) is 16.9. The van der Waals surface area contributed by atoms with Crippen LogP contribution in [-0.2, 0) is 17.6 Å². The third-order valence-corrected chi connectivity index (χ3v) is 4.81. The molecule has 0 bridgehead atoms. The van der Waals surface area contributed by atoms with Crippen molar-refractivity contribution in [1.82, 2.24) is 19.9 Å². The molecule has 4 rings (SSSR count). The van der Waals surface area contributed by atoms with Crippen molar-refractivity contribution in [1.29, 1.82) is 0 Å². The number of rotatable bonds is 7. The first-order chi connectivity index (χ1) is 14.7. The Balaban J connectivity index is 1.52. The SMILES string of the molecule is CCc1nc(Nc2cc(C(=O)Cc3ccccc3)ccn2)nc(N2CCOCC2)n1. The van der Waals surface area contributed by atoms with Crippen LogP contribution in [0.3, 0.4) is 0 Å². The summed E-state index contributed by atoms with van der Waals surface area (Å²) in [5.74, 6) is 2.30. The fourth-order valence-electron chi connectivity index (χ4n) is 3.20. The van der Waals surface area contributed by atoms with Gasteiger partial charge in [0.05, 0.1) is 13.2 Å². The fourth-order valence-corrected chi connectivity index (χ4v) is 3.20. The Morgan fingerprint density at radius 1 is 1.10 bits per heavy atom. The van der Waals surface area contributed by atoms with E-state index in [4.69, 9.17) is 4.74 Å². The highest BCUT2D eigenvalue weighted by molar-refractivity contribution is 5.98. The number of Topliss-reactive ketones (excluding diaryl/α,β-unsaturated/α-hetero) is 1. The minimum absolute atomic E-state index is 0.0329. The van der Waals surface area contributed by atoms with Gasteiger partial charge in [0.15, 0.2) is 5.78 Å². The number of hydrogen-bond donors (Lipinski definition) is 1. The molecule has 0 atom stereocenters. The van der Waals surface area contributed by atoms with E-state index in [-0.39, 0.29) is 5.78 Å². The van der Waals surface area contributed by atoms with E-state index >= 15 is 0 Å². The minimum Gasteiger partial charge on any atom is -0.378 e. The monoisotopic (exact) mass is 404 g/mol. The van der Waals surface area contributed by atoms with Gasteiger partial charge in [0.2, 0.25) is 11.9 Å². The van der Waals surface area contributed by atoms with Crippen LogP contribution < -0.4 is 10.2 Å². The molecule has 0 saturated carbocycles. The van der Waals surface area contributed by atoms with Crippen molar-refractivity contribution in [2.45, 2.75) is 19.8 Å². The molecule has 0 unspecified atom stereocenters. The van der Waals surface area contributed by atoms with E-state index in [0.29, 0.717) is 55.2 Å². The molecule has 1 aromatic carbocycles. The van der Waals surface area contributed by atoms with Crippen LogP contribution in [0.1, 0.15) is 28.7 Å². The van der Waals surface area contributed by atoms with Gasteiger partial charge in [-0.2, -0.15) is 15.0 Å². The Morgan fingerprint density at radius 3 is 2.67 bits per heavy atom. The van der Waals surface area contributed by atoms with E-state index in [1.807, 2.05) is 37.3 Å². The van der Waals surface area contributed by atoms with Gasteiger partial charge < -0.3 is 15.0 Å². The molecule has 8 nitrogen and oxygen atoms in total. The standard InChI is InChI=1S/C22H24N6O2/c1-2-19-24-21(27-22(26-19)28-10-12-30-13-11-28)25-20-15-17(8-9-23-20)18(29)14-16-6-4-3-5-7-16/h3-9,15H,2,10-14H2,1H3,(H,23,24,25,26,27). The number of hydrogen-bond acceptors (Lipinski definition) is 8. The smallest absolute Gasteiger partial charge is 0.233 e. The lowest BCUT2D eigenvalue weighted by Crippen LogP contribution is -2.37. The molecule has 154 valence electrons. The van der Waals surface area contributed by atoms with E-state index in [2.05, 4.69) is 30.2 Å². The number of nitrogens with one attached hydrogen (secondary N) is 1. The average molecular weight is 404 g/mol. The van der Waals surface area contributed by atoms with Crippen LogP contribution >= 0.6 is 0 Å². The molecule has 3 heterocycles. The molecule has 0 radical (unpaired) electrons. The van der Waals surface area contributed by atoms with E-state index in [1.54, 1.807) is 18.3 Å². The van der Waals surface area contributed by atoms with Crippen molar-refractivity contribution in [2.75, 3.05) is 36.5 Å². The summed E-state index contributed by atoms with van der Waals surface area (Å²) in [6.07, 6.45) is 2.65. The van der Waals surface area contributed by atoms with E-state index < -0.39 is 0 Å². The van der Waals surface area contributed by atoms with Crippen molar-refractivity contribution in [3.63, 3.8) is 0 Å². The number of aryl methyl sites for hydroxylation is 1. The largest absolute Gasteiger partial charge is 0.378 e. The second-order valence-electron chi connectivity index (χ2n) is 6.97. The fraction of sp³-hybridized carbons (Fsp3) is 0.318. The maximum Gasteiger partial charge on any atom is 0.233 e. The zero-order chi connectivity index (χ0) is 20.8. The van der Waals surface area contributed by atoms with Crippen molar-refractivity contribution in [3.8, 4) is 0 Å². The van der Waals surface area contributed by atoms with Gasteiger partial charge in [0, 0.05) is 37.7 Å².